The summed E-state index contributed by atoms with van der Waals surface area (Å²) in [7, 11) is 0. The van der Waals surface area contributed by atoms with E-state index in [1.165, 1.54) is 0 Å². The highest BCUT2D eigenvalue weighted by Gasteiger charge is 2.07. The molecule has 0 spiro atoms. The maximum absolute atomic E-state index is 8.10. The summed E-state index contributed by atoms with van der Waals surface area (Å²) in [6.45, 7) is 0.157. The van der Waals surface area contributed by atoms with Gasteiger partial charge in [0.2, 0.25) is 0 Å². The van der Waals surface area contributed by atoms with Crippen LogP contribution in [0.3, 0.4) is 0 Å². The molecule has 2 rings (SSSR count). The molecule has 70 valence electrons. The molecule has 2 heterocycles. The lowest BCUT2D eigenvalue weighted by atomic mass is 10.3. The van der Waals surface area contributed by atoms with Crippen LogP contribution >= 0.6 is 0 Å². The van der Waals surface area contributed by atoms with Crippen LogP contribution in [0.1, 0.15) is 5.76 Å². The molecule has 0 atom stereocenters. The summed E-state index contributed by atoms with van der Waals surface area (Å²) in [5.74, 6) is 1.13. The van der Waals surface area contributed by atoms with Gasteiger partial charge in [0, 0.05) is 11.0 Å². The summed E-state index contributed by atoms with van der Waals surface area (Å²) >= 11 is 0. The van der Waals surface area contributed by atoms with Gasteiger partial charge in [-0.25, -0.2) is 0 Å². The maximum Gasteiger partial charge on any atom is 0.155 e. The second-order valence-corrected chi connectivity index (χ2v) is 2.54. The summed E-state index contributed by atoms with van der Waals surface area (Å²) in [4.78, 5) is 2.62. The van der Waals surface area contributed by atoms with E-state index >= 15 is 0 Å². The van der Waals surface area contributed by atoms with Gasteiger partial charge in [0.15, 0.2) is 5.76 Å². The number of azide groups is 1. The Morgan fingerprint density at radius 2 is 2.50 bits per heavy atom. The minimum absolute atomic E-state index is 0.157. The van der Waals surface area contributed by atoms with Crippen molar-refractivity contribution >= 4 is 0 Å². The zero-order chi connectivity index (χ0) is 9.80. The van der Waals surface area contributed by atoms with E-state index in [1.807, 2.05) is 0 Å². The van der Waals surface area contributed by atoms with Gasteiger partial charge < -0.3 is 8.94 Å². The van der Waals surface area contributed by atoms with Crippen molar-refractivity contribution in [2.24, 2.45) is 5.11 Å². The Hall–Kier alpha value is -2.20. The fourth-order valence-electron chi connectivity index (χ4n) is 1.03. The molecule has 0 amide bonds. The molecule has 0 radical (unpaired) electrons. The van der Waals surface area contributed by atoms with E-state index in [0.29, 0.717) is 17.2 Å². The maximum atomic E-state index is 8.10. The van der Waals surface area contributed by atoms with Gasteiger partial charge in [0.05, 0.1) is 12.8 Å². The zero-order valence-electron chi connectivity index (χ0n) is 7.12. The highest BCUT2D eigenvalue weighted by Crippen LogP contribution is 2.19. The Bertz CT molecular complexity index is 453. The van der Waals surface area contributed by atoms with Crippen molar-refractivity contribution in [2.75, 3.05) is 0 Å². The number of rotatable bonds is 3. The van der Waals surface area contributed by atoms with Crippen LogP contribution in [-0.2, 0) is 6.54 Å². The van der Waals surface area contributed by atoms with Crippen LogP contribution in [0.25, 0.3) is 21.9 Å². The van der Waals surface area contributed by atoms with Crippen molar-refractivity contribution in [1.82, 2.24) is 5.16 Å². The van der Waals surface area contributed by atoms with Gasteiger partial charge in [-0.1, -0.05) is 10.3 Å². The third-order valence-corrected chi connectivity index (χ3v) is 1.62. The average Bonchev–Trinajstić information content (AvgIpc) is 2.85. The SMILES string of the molecule is [N-]=[N+]=NCc1cc(-c2ccco2)no1. The molecule has 2 aromatic heterocycles. The molecule has 0 fully saturated rings. The number of hydrogen-bond acceptors (Lipinski definition) is 4. The molecule has 0 unspecified atom stereocenters. The molecule has 0 bridgehead atoms. The van der Waals surface area contributed by atoms with Crippen molar-refractivity contribution in [2.45, 2.75) is 6.54 Å². The molecule has 0 aliphatic heterocycles. The van der Waals surface area contributed by atoms with Gasteiger partial charge in [0.1, 0.15) is 11.5 Å². The molecule has 6 heteroatoms. The van der Waals surface area contributed by atoms with E-state index in [1.54, 1.807) is 24.5 Å². The summed E-state index contributed by atoms with van der Waals surface area (Å²) in [6, 6.07) is 5.21. The Morgan fingerprint density at radius 3 is 3.21 bits per heavy atom. The van der Waals surface area contributed by atoms with Gasteiger partial charge in [-0.05, 0) is 17.7 Å². The normalized spacial score (nSPS) is 9.71. The van der Waals surface area contributed by atoms with Crippen LogP contribution in [0.15, 0.2) is 38.5 Å². The molecule has 0 N–H and O–H groups in total. The van der Waals surface area contributed by atoms with E-state index in [-0.39, 0.29) is 6.54 Å². The molecule has 0 saturated heterocycles. The predicted octanol–water partition coefficient (Wildman–Crippen LogP) is 2.74. The number of furan rings is 1. The highest BCUT2D eigenvalue weighted by atomic mass is 16.5. The minimum atomic E-state index is 0.157. The third kappa shape index (κ3) is 1.60. The lowest BCUT2D eigenvalue weighted by Gasteiger charge is -1.82. The van der Waals surface area contributed by atoms with Gasteiger partial charge in [0.25, 0.3) is 0 Å². The second-order valence-electron chi connectivity index (χ2n) is 2.54. The first-order valence-corrected chi connectivity index (χ1v) is 3.90. The molecule has 0 saturated carbocycles. The Balaban J connectivity index is 2.22. The summed E-state index contributed by atoms with van der Waals surface area (Å²) < 4.78 is 10.0. The number of aromatic nitrogens is 1. The van der Waals surface area contributed by atoms with Crippen LogP contribution < -0.4 is 0 Å². The minimum Gasteiger partial charge on any atom is -0.463 e. The largest absolute Gasteiger partial charge is 0.463 e. The Labute approximate surface area is 78.7 Å². The van der Waals surface area contributed by atoms with Gasteiger partial charge in [-0.15, -0.1) is 0 Å². The summed E-state index contributed by atoms with van der Waals surface area (Å²) in [6.07, 6.45) is 1.55. The number of hydrogen-bond donors (Lipinski definition) is 0. The molecule has 0 aliphatic carbocycles. The van der Waals surface area contributed by atoms with E-state index < -0.39 is 0 Å². The topological polar surface area (TPSA) is 87.9 Å². The standard InChI is InChI=1S/C8H6N4O2/c9-12-10-5-6-4-7(11-14-6)8-2-1-3-13-8/h1-4H,5H2. The van der Waals surface area contributed by atoms with Crippen LogP contribution in [0, 0.1) is 0 Å². The first-order valence-electron chi connectivity index (χ1n) is 3.90. The highest BCUT2D eigenvalue weighted by molar-refractivity contribution is 5.50. The van der Waals surface area contributed by atoms with Crippen molar-refractivity contribution in [1.29, 1.82) is 0 Å². The fraction of sp³-hybridized carbons (Fsp3) is 0.125. The Morgan fingerprint density at radius 1 is 1.57 bits per heavy atom. The third-order valence-electron chi connectivity index (χ3n) is 1.62. The van der Waals surface area contributed by atoms with E-state index in [2.05, 4.69) is 15.2 Å². The van der Waals surface area contributed by atoms with E-state index in [4.69, 9.17) is 14.5 Å². The quantitative estimate of drug-likeness (QED) is 0.423. The van der Waals surface area contributed by atoms with Crippen LogP contribution in [0.2, 0.25) is 0 Å². The first-order chi connectivity index (χ1) is 6.90. The molecular weight excluding hydrogens is 184 g/mol. The molecular formula is C8H6N4O2. The predicted molar refractivity (Wildman–Crippen MR) is 47.1 cm³/mol. The lowest BCUT2D eigenvalue weighted by Crippen LogP contribution is -1.71. The molecule has 0 aliphatic rings. The molecule has 0 aromatic carbocycles. The molecule has 6 nitrogen and oxygen atoms in total. The second kappa shape index (κ2) is 3.68. The van der Waals surface area contributed by atoms with Crippen molar-refractivity contribution in [3.63, 3.8) is 0 Å². The molecule has 14 heavy (non-hydrogen) atoms. The van der Waals surface area contributed by atoms with Crippen molar-refractivity contribution < 1.29 is 8.94 Å². The lowest BCUT2D eigenvalue weighted by molar-refractivity contribution is 0.385. The van der Waals surface area contributed by atoms with Gasteiger partial charge in [-0.3, -0.25) is 0 Å². The first kappa shape index (κ1) is 8.40. The fourth-order valence-corrected chi connectivity index (χ4v) is 1.03. The van der Waals surface area contributed by atoms with Gasteiger partial charge in [-0.2, -0.15) is 0 Å². The van der Waals surface area contributed by atoms with Crippen LogP contribution in [0.5, 0.6) is 0 Å². The van der Waals surface area contributed by atoms with E-state index in [9.17, 15) is 0 Å². The molecule has 2 aromatic rings. The Kier molecular flexibility index (Phi) is 2.21. The zero-order valence-corrected chi connectivity index (χ0v) is 7.12. The van der Waals surface area contributed by atoms with Crippen LogP contribution in [0.4, 0.5) is 0 Å². The van der Waals surface area contributed by atoms with Gasteiger partial charge >= 0.3 is 0 Å². The average molecular weight is 190 g/mol. The monoisotopic (exact) mass is 190 g/mol. The summed E-state index contributed by atoms with van der Waals surface area (Å²) in [5, 5.41) is 7.11. The van der Waals surface area contributed by atoms with Crippen molar-refractivity contribution in [3.05, 3.63) is 40.7 Å². The van der Waals surface area contributed by atoms with Crippen LogP contribution in [-0.4, -0.2) is 5.16 Å². The van der Waals surface area contributed by atoms with E-state index in [0.717, 1.165) is 0 Å². The smallest absolute Gasteiger partial charge is 0.155 e. The van der Waals surface area contributed by atoms with Crippen molar-refractivity contribution in [3.8, 4) is 11.5 Å². The number of nitrogens with zero attached hydrogens (tertiary/aromatic N) is 4. The summed E-state index contributed by atoms with van der Waals surface area (Å²) in [5.41, 5.74) is 8.69.